The summed E-state index contributed by atoms with van der Waals surface area (Å²) in [5.41, 5.74) is 3.61. The first-order chi connectivity index (χ1) is 22.2. The summed E-state index contributed by atoms with van der Waals surface area (Å²) in [5.74, 6) is -0.226. The van der Waals surface area contributed by atoms with Crippen LogP contribution in [0.5, 0.6) is 5.88 Å². The molecule has 5 rings (SSSR count). The number of carbonyl (C=O) groups excluding carboxylic acids is 2. The number of methoxy groups -OCH3 is 1. The van der Waals surface area contributed by atoms with Crippen molar-refractivity contribution in [3.63, 3.8) is 0 Å². The van der Waals surface area contributed by atoms with Gasteiger partial charge in [0.1, 0.15) is 16.7 Å². The Morgan fingerprint density at radius 1 is 1.07 bits per heavy atom. The first-order valence-corrected chi connectivity index (χ1v) is 14.3. The molecule has 0 bridgehead atoms. The lowest BCUT2D eigenvalue weighted by Crippen LogP contribution is -2.29. The highest BCUT2D eigenvalue weighted by Gasteiger charge is 2.21. The monoisotopic (exact) mass is 661 g/mol. The van der Waals surface area contributed by atoms with Gasteiger partial charge in [-0.2, -0.15) is 0 Å². The second kappa shape index (κ2) is 14.4. The van der Waals surface area contributed by atoms with Crippen molar-refractivity contribution >= 4 is 53.1 Å². The van der Waals surface area contributed by atoms with Gasteiger partial charge in [-0.15, -0.1) is 0 Å². The molecule has 0 fully saturated rings. The van der Waals surface area contributed by atoms with Crippen LogP contribution in [-0.4, -0.2) is 55.3 Å². The van der Waals surface area contributed by atoms with Gasteiger partial charge >= 0.3 is 12.2 Å². The van der Waals surface area contributed by atoms with E-state index in [4.69, 9.17) is 33.3 Å². The molecule has 5 aromatic rings. The molecule has 234 valence electrons. The van der Waals surface area contributed by atoms with E-state index in [1.165, 1.54) is 24.1 Å². The number of amides is 2. The van der Waals surface area contributed by atoms with Crippen LogP contribution >= 0.6 is 23.2 Å². The van der Waals surface area contributed by atoms with E-state index in [2.05, 4.69) is 35.4 Å². The van der Waals surface area contributed by atoms with Gasteiger partial charge in [0, 0.05) is 27.9 Å². The van der Waals surface area contributed by atoms with Gasteiger partial charge in [-0.3, -0.25) is 10.1 Å². The third kappa shape index (κ3) is 8.08. The molecule has 0 aliphatic carbocycles. The van der Waals surface area contributed by atoms with E-state index < -0.39 is 24.2 Å². The lowest BCUT2D eigenvalue weighted by Gasteiger charge is -2.16. The maximum absolute atomic E-state index is 13.3. The second-order valence-electron chi connectivity index (χ2n) is 9.64. The smallest absolute Gasteiger partial charge is 0.453 e. The van der Waals surface area contributed by atoms with Gasteiger partial charge in [0.2, 0.25) is 5.91 Å². The lowest BCUT2D eigenvalue weighted by atomic mass is 10.1. The fraction of sp³-hybridized carbons (Fsp3) is 0.0968. The zero-order valence-corrected chi connectivity index (χ0v) is 25.5. The average Bonchev–Trinajstić information content (AvgIpc) is 3.66. The predicted molar refractivity (Wildman–Crippen MR) is 170 cm³/mol. The first kappa shape index (κ1) is 31.8. The Balaban J connectivity index is 1.39. The second-order valence-corrected chi connectivity index (χ2v) is 10.4. The summed E-state index contributed by atoms with van der Waals surface area (Å²) in [5, 5.41) is 22.7. The molecule has 2 amide bonds. The standard InChI is InChI=1S/C31H25Cl2N7O6/c1-45-30(42)34-22-11-7-19(8-12-22)27-28(33)37-29(36-27)23(15-18-5-3-2-4-6-18)35-25(41)14-9-20-16-21(32)10-13-24(20)40-17-26(38-39-40)46-31(43)44/h2-14,16-17,23H,15H2,1H3,(H,34,42)(H,35,41)(H,36,37)(H,43,44)/b14-9+/t23-/m0/s1. The number of ether oxygens (including phenoxy) is 2. The fourth-order valence-electron chi connectivity index (χ4n) is 4.43. The molecular formula is C31H25Cl2N7O6. The number of carbonyl (C=O) groups is 3. The van der Waals surface area contributed by atoms with Gasteiger partial charge in [-0.1, -0.05) is 76.0 Å². The zero-order chi connectivity index (χ0) is 32.6. The number of carboxylic acid groups (broad SMARTS) is 1. The molecule has 46 heavy (non-hydrogen) atoms. The van der Waals surface area contributed by atoms with Gasteiger partial charge in [0.25, 0.3) is 5.88 Å². The molecule has 0 aliphatic rings. The van der Waals surface area contributed by atoms with Crippen LogP contribution in [0.15, 0.2) is 85.1 Å². The number of hydrogen-bond acceptors (Lipinski definition) is 8. The fourth-order valence-corrected chi connectivity index (χ4v) is 4.86. The number of anilines is 1. The molecule has 0 aliphatic heterocycles. The Morgan fingerprint density at radius 3 is 2.54 bits per heavy atom. The Hall–Kier alpha value is -5.66. The van der Waals surface area contributed by atoms with Crippen LogP contribution in [0.1, 0.15) is 23.0 Å². The summed E-state index contributed by atoms with van der Waals surface area (Å²) in [4.78, 5) is 43.5. The van der Waals surface area contributed by atoms with E-state index in [-0.39, 0.29) is 11.0 Å². The maximum atomic E-state index is 13.3. The summed E-state index contributed by atoms with van der Waals surface area (Å²) < 4.78 is 10.5. The number of nitrogens with zero attached hydrogens (tertiary/aromatic N) is 4. The van der Waals surface area contributed by atoms with Crippen LogP contribution in [0.4, 0.5) is 15.3 Å². The Kier molecular flexibility index (Phi) is 9.95. The Bertz CT molecular complexity index is 1890. The van der Waals surface area contributed by atoms with E-state index in [0.717, 1.165) is 5.56 Å². The number of benzene rings is 3. The molecule has 3 aromatic carbocycles. The van der Waals surface area contributed by atoms with Crippen molar-refractivity contribution in [2.45, 2.75) is 12.5 Å². The molecule has 4 N–H and O–H groups in total. The SMILES string of the molecule is COC(=O)Nc1ccc(-c2nc([C@H](Cc3ccccc3)NC(=O)/C=C/c3cc(Cl)ccc3-n3cc(OC(=O)O)nn3)[nH]c2Cl)cc1. The number of nitrogens with one attached hydrogen (secondary N) is 3. The minimum Gasteiger partial charge on any atom is -0.453 e. The van der Waals surface area contributed by atoms with Gasteiger partial charge in [-0.05, 0) is 48.4 Å². The van der Waals surface area contributed by atoms with Crippen LogP contribution in [0.2, 0.25) is 10.2 Å². The predicted octanol–water partition coefficient (Wildman–Crippen LogP) is 6.31. The van der Waals surface area contributed by atoms with Crippen LogP contribution in [0.25, 0.3) is 23.0 Å². The van der Waals surface area contributed by atoms with Gasteiger partial charge in [0.05, 0.1) is 25.0 Å². The van der Waals surface area contributed by atoms with Crippen LogP contribution in [0.3, 0.4) is 0 Å². The minimum absolute atomic E-state index is 0.218. The van der Waals surface area contributed by atoms with Crippen molar-refractivity contribution in [1.82, 2.24) is 30.3 Å². The molecule has 0 unspecified atom stereocenters. The third-order valence-corrected chi connectivity index (χ3v) is 7.02. The molecule has 2 aromatic heterocycles. The number of hydrogen-bond donors (Lipinski definition) is 4. The van der Waals surface area contributed by atoms with Gasteiger partial charge < -0.3 is 24.9 Å². The molecule has 0 radical (unpaired) electrons. The molecule has 13 nitrogen and oxygen atoms in total. The molecule has 0 saturated carbocycles. The Labute approximate surface area is 271 Å². The first-order valence-electron chi connectivity index (χ1n) is 13.5. The largest absolute Gasteiger partial charge is 0.512 e. The van der Waals surface area contributed by atoms with E-state index in [9.17, 15) is 14.4 Å². The summed E-state index contributed by atoms with van der Waals surface area (Å²) in [6.07, 6.45) is 2.44. The summed E-state index contributed by atoms with van der Waals surface area (Å²) >= 11 is 12.8. The number of rotatable bonds is 10. The minimum atomic E-state index is -1.53. The van der Waals surface area contributed by atoms with E-state index >= 15 is 0 Å². The third-order valence-electron chi connectivity index (χ3n) is 6.51. The number of aromatic amines is 1. The van der Waals surface area contributed by atoms with Crippen molar-refractivity contribution in [2.24, 2.45) is 0 Å². The van der Waals surface area contributed by atoms with Crippen molar-refractivity contribution in [2.75, 3.05) is 12.4 Å². The summed E-state index contributed by atoms with van der Waals surface area (Å²) in [6, 6.07) is 20.7. The highest BCUT2D eigenvalue weighted by atomic mass is 35.5. The van der Waals surface area contributed by atoms with E-state index in [1.807, 2.05) is 30.3 Å². The molecule has 0 spiro atoms. The zero-order valence-electron chi connectivity index (χ0n) is 24.0. The molecular weight excluding hydrogens is 637 g/mol. The van der Waals surface area contributed by atoms with Crippen LogP contribution in [-0.2, 0) is 16.0 Å². The number of imidazole rings is 1. The van der Waals surface area contributed by atoms with Gasteiger partial charge in [-0.25, -0.2) is 19.3 Å². The highest BCUT2D eigenvalue weighted by molar-refractivity contribution is 6.32. The number of aromatic nitrogens is 5. The van der Waals surface area contributed by atoms with E-state index in [1.54, 1.807) is 48.5 Å². The van der Waals surface area contributed by atoms with Gasteiger partial charge in [0.15, 0.2) is 0 Å². The summed E-state index contributed by atoms with van der Waals surface area (Å²) in [7, 11) is 1.28. The summed E-state index contributed by atoms with van der Waals surface area (Å²) in [6.45, 7) is 0. The van der Waals surface area contributed by atoms with Crippen molar-refractivity contribution in [3.8, 4) is 22.8 Å². The quantitative estimate of drug-likeness (QED) is 0.0987. The lowest BCUT2D eigenvalue weighted by molar-refractivity contribution is -0.117. The average molecular weight is 662 g/mol. The van der Waals surface area contributed by atoms with Crippen molar-refractivity contribution in [3.05, 3.63) is 112 Å². The molecule has 1 atom stereocenters. The maximum Gasteiger partial charge on any atom is 0.512 e. The molecule has 2 heterocycles. The number of halogens is 2. The number of H-pyrrole nitrogens is 1. The van der Waals surface area contributed by atoms with Crippen molar-refractivity contribution in [1.29, 1.82) is 0 Å². The molecule has 0 saturated heterocycles. The van der Waals surface area contributed by atoms with Crippen LogP contribution < -0.4 is 15.4 Å². The normalized spacial score (nSPS) is 11.6. The highest BCUT2D eigenvalue weighted by Crippen LogP contribution is 2.30. The Morgan fingerprint density at radius 2 is 1.83 bits per heavy atom. The van der Waals surface area contributed by atoms with Crippen LogP contribution in [0, 0.1) is 0 Å². The molecule has 15 heteroatoms. The topological polar surface area (TPSA) is 173 Å². The van der Waals surface area contributed by atoms with E-state index in [0.29, 0.717) is 45.5 Å². The van der Waals surface area contributed by atoms with Crippen molar-refractivity contribution < 1.29 is 29.0 Å².